The van der Waals surface area contributed by atoms with Crippen LogP contribution in [0.2, 0.25) is 0 Å². The fourth-order valence-corrected chi connectivity index (χ4v) is 2.11. The van der Waals surface area contributed by atoms with Crippen LogP contribution in [0, 0.1) is 6.92 Å². The van der Waals surface area contributed by atoms with E-state index in [9.17, 15) is 0 Å². The molecule has 0 saturated heterocycles. The smallest absolute Gasteiger partial charge is 0.168 e. The van der Waals surface area contributed by atoms with E-state index >= 15 is 0 Å². The van der Waals surface area contributed by atoms with Crippen molar-refractivity contribution >= 4 is 27.3 Å². The topological polar surface area (TPSA) is 56.2 Å². The zero-order valence-corrected chi connectivity index (χ0v) is 11.3. The Morgan fingerprint density at radius 3 is 2.61 bits per heavy atom. The number of nitrogen functional groups attached to an aromatic ring is 1. The number of aromatic nitrogens is 3. The van der Waals surface area contributed by atoms with E-state index in [2.05, 4.69) is 26.1 Å². The van der Waals surface area contributed by atoms with Gasteiger partial charge in [0.2, 0.25) is 0 Å². The highest BCUT2D eigenvalue weighted by Gasteiger charge is 2.09. The Hall–Kier alpha value is -1.88. The van der Waals surface area contributed by atoms with E-state index in [-0.39, 0.29) is 0 Å². The van der Waals surface area contributed by atoms with Crippen molar-refractivity contribution in [2.75, 3.05) is 5.73 Å². The number of nitrogens with two attached hydrogens (primary N) is 1. The van der Waals surface area contributed by atoms with E-state index in [1.807, 2.05) is 47.9 Å². The number of fused-ring (bicyclic) bond motifs is 1. The first-order valence-corrected chi connectivity index (χ1v) is 6.31. The van der Waals surface area contributed by atoms with Gasteiger partial charge >= 0.3 is 0 Å². The van der Waals surface area contributed by atoms with Crippen LogP contribution in [0.5, 0.6) is 0 Å². The number of pyridine rings is 1. The van der Waals surface area contributed by atoms with E-state index < -0.39 is 0 Å². The van der Waals surface area contributed by atoms with Crippen LogP contribution in [0.25, 0.3) is 17.0 Å². The van der Waals surface area contributed by atoms with Crippen molar-refractivity contribution in [1.29, 1.82) is 0 Å². The molecular weight excluding hydrogens is 292 g/mol. The second-order valence-corrected chi connectivity index (χ2v) is 5.09. The molecule has 0 fully saturated rings. The first-order chi connectivity index (χ1) is 8.65. The Morgan fingerprint density at radius 1 is 1.17 bits per heavy atom. The summed E-state index contributed by atoms with van der Waals surface area (Å²) in [6, 6.07) is 9.89. The van der Waals surface area contributed by atoms with Crippen LogP contribution in [0.3, 0.4) is 0 Å². The lowest BCUT2D eigenvalue weighted by molar-refractivity contribution is 1.11. The van der Waals surface area contributed by atoms with Gasteiger partial charge in [0.15, 0.2) is 11.5 Å². The molecule has 3 rings (SSSR count). The van der Waals surface area contributed by atoms with Crippen LogP contribution < -0.4 is 5.73 Å². The lowest BCUT2D eigenvalue weighted by Crippen LogP contribution is -1.96. The third kappa shape index (κ3) is 1.76. The summed E-state index contributed by atoms with van der Waals surface area (Å²) in [5, 5.41) is 8.38. The van der Waals surface area contributed by atoms with Gasteiger partial charge in [-0.3, -0.25) is 4.40 Å². The van der Waals surface area contributed by atoms with E-state index in [1.54, 1.807) is 0 Å². The molecule has 18 heavy (non-hydrogen) atoms. The maximum atomic E-state index is 5.93. The van der Waals surface area contributed by atoms with Crippen molar-refractivity contribution in [1.82, 2.24) is 14.6 Å². The molecule has 0 atom stereocenters. The summed E-state index contributed by atoms with van der Waals surface area (Å²) in [7, 11) is 0. The largest absolute Gasteiger partial charge is 0.397 e. The Kier molecular flexibility index (Phi) is 2.56. The molecular formula is C13H11BrN4. The Morgan fingerprint density at radius 2 is 1.89 bits per heavy atom. The third-order valence-electron chi connectivity index (χ3n) is 2.89. The average Bonchev–Trinajstić information content (AvgIpc) is 2.74. The van der Waals surface area contributed by atoms with Crippen LogP contribution in [-0.2, 0) is 0 Å². The van der Waals surface area contributed by atoms with Crippen molar-refractivity contribution in [3.63, 3.8) is 0 Å². The summed E-state index contributed by atoms with van der Waals surface area (Å²) >= 11 is 3.42. The lowest BCUT2D eigenvalue weighted by atomic mass is 10.2. The van der Waals surface area contributed by atoms with Crippen LogP contribution >= 0.6 is 15.9 Å². The van der Waals surface area contributed by atoms with Gasteiger partial charge in [0.05, 0.1) is 5.69 Å². The molecule has 2 heterocycles. The van der Waals surface area contributed by atoms with Gasteiger partial charge in [0, 0.05) is 16.2 Å². The van der Waals surface area contributed by atoms with E-state index in [0.29, 0.717) is 0 Å². The highest BCUT2D eigenvalue weighted by molar-refractivity contribution is 9.10. The summed E-state index contributed by atoms with van der Waals surface area (Å²) in [5.74, 6) is 0.796. The molecule has 2 N–H and O–H groups in total. The Balaban J connectivity index is 2.23. The molecule has 0 amide bonds. The van der Waals surface area contributed by atoms with Gasteiger partial charge in [0.1, 0.15) is 0 Å². The van der Waals surface area contributed by atoms with Crippen molar-refractivity contribution in [3.8, 4) is 11.4 Å². The lowest BCUT2D eigenvalue weighted by Gasteiger charge is -2.03. The fraction of sp³-hybridized carbons (Fsp3) is 0.0769. The third-order valence-corrected chi connectivity index (χ3v) is 3.42. The zero-order valence-electron chi connectivity index (χ0n) is 9.76. The van der Waals surface area contributed by atoms with Gasteiger partial charge in [-0.25, -0.2) is 0 Å². The number of hydrogen-bond donors (Lipinski definition) is 1. The second-order valence-electron chi connectivity index (χ2n) is 4.17. The van der Waals surface area contributed by atoms with Gasteiger partial charge in [-0.05, 0) is 30.7 Å². The van der Waals surface area contributed by atoms with Gasteiger partial charge in [-0.2, -0.15) is 0 Å². The number of halogens is 1. The molecule has 4 nitrogen and oxygen atoms in total. The number of nitrogens with zero attached hydrogens (tertiary/aromatic N) is 3. The van der Waals surface area contributed by atoms with Crippen molar-refractivity contribution < 1.29 is 0 Å². The highest BCUT2D eigenvalue weighted by Crippen LogP contribution is 2.22. The number of benzene rings is 1. The van der Waals surface area contributed by atoms with Crippen LogP contribution in [-0.4, -0.2) is 14.6 Å². The minimum Gasteiger partial charge on any atom is -0.397 e. The van der Waals surface area contributed by atoms with Crippen LogP contribution in [0.15, 0.2) is 41.0 Å². The molecule has 0 aliphatic heterocycles. The van der Waals surface area contributed by atoms with Gasteiger partial charge < -0.3 is 5.73 Å². The second kappa shape index (κ2) is 4.10. The normalized spacial score (nSPS) is 11.0. The molecule has 5 heteroatoms. The minimum atomic E-state index is 0.737. The molecule has 2 aromatic heterocycles. The molecule has 3 aromatic rings. The van der Waals surface area contributed by atoms with E-state index in [4.69, 9.17) is 5.73 Å². The standard InChI is InChI=1S/C13H11BrN4/c1-8-6-12-16-17-13(18(12)7-11(8)15)9-2-4-10(14)5-3-9/h2-7H,15H2,1H3. The Labute approximate surface area is 113 Å². The number of hydrogen-bond acceptors (Lipinski definition) is 3. The first-order valence-electron chi connectivity index (χ1n) is 5.52. The maximum absolute atomic E-state index is 5.93. The van der Waals surface area contributed by atoms with E-state index in [1.165, 1.54) is 0 Å². The molecule has 0 aliphatic rings. The van der Waals surface area contributed by atoms with Gasteiger partial charge in [0.25, 0.3) is 0 Å². The number of aryl methyl sites for hydroxylation is 1. The van der Waals surface area contributed by atoms with Gasteiger partial charge in [-0.15, -0.1) is 10.2 Å². The van der Waals surface area contributed by atoms with Crippen LogP contribution in [0.1, 0.15) is 5.56 Å². The molecule has 90 valence electrons. The molecule has 0 bridgehead atoms. The monoisotopic (exact) mass is 302 g/mol. The quantitative estimate of drug-likeness (QED) is 0.751. The summed E-state index contributed by atoms with van der Waals surface area (Å²) < 4.78 is 2.95. The summed E-state index contributed by atoms with van der Waals surface area (Å²) in [5.41, 5.74) is 9.49. The number of anilines is 1. The zero-order chi connectivity index (χ0) is 12.7. The molecule has 1 aromatic carbocycles. The highest BCUT2D eigenvalue weighted by atomic mass is 79.9. The summed E-state index contributed by atoms with van der Waals surface area (Å²) in [6.45, 7) is 1.96. The first kappa shape index (κ1) is 11.2. The van der Waals surface area contributed by atoms with Crippen LogP contribution in [0.4, 0.5) is 5.69 Å². The SMILES string of the molecule is Cc1cc2nnc(-c3ccc(Br)cc3)n2cc1N. The molecule has 0 unspecified atom stereocenters. The Bertz CT molecular complexity index is 716. The predicted molar refractivity (Wildman–Crippen MR) is 75.3 cm³/mol. The van der Waals surface area contributed by atoms with Crippen molar-refractivity contribution in [2.24, 2.45) is 0 Å². The molecule has 0 saturated carbocycles. The predicted octanol–water partition coefficient (Wildman–Crippen LogP) is 3.05. The summed E-state index contributed by atoms with van der Waals surface area (Å²) in [6.07, 6.45) is 1.86. The van der Waals surface area contributed by atoms with E-state index in [0.717, 1.165) is 32.8 Å². The average molecular weight is 303 g/mol. The van der Waals surface area contributed by atoms with Crippen molar-refractivity contribution in [2.45, 2.75) is 6.92 Å². The molecule has 0 radical (unpaired) electrons. The maximum Gasteiger partial charge on any atom is 0.168 e. The molecule has 0 aliphatic carbocycles. The molecule has 0 spiro atoms. The fourth-order valence-electron chi connectivity index (χ4n) is 1.84. The minimum absolute atomic E-state index is 0.737. The summed E-state index contributed by atoms with van der Waals surface area (Å²) in [4.78, 5) is 0. The number of rotatable bonds is 1. The van der Waals surface area contributed by atoms with Gasteiger partial charge in [-0.1, -0.05) is 28.1 Å². The van der Waals surface area contributed by atoms with Crippen molar-refractivity contribution in [3.05, 3.63) is 46.6 Å².